The minimum Gasteiger partial charge on any atom is -0.480 e. The number of H-pyrrole nitrogens is 1. The molecule has 3 N–H and O–H groups in total. The second-order valence-corrected chi connectivity index (χ2v) is 8.59. The topological polar surface area (TPSA) is 159 Å². The van der Waals surface area contributed by atoms with Gasteiger partial charge in [0.05, 0.1) is 17.4 Å². The average Bonchev–Trinajstić information content (AvgIpc) is 3.30. The summed E-state index contributed by atoms with van der Waals surface area (Å²) in [7, 11) is 0. The molecule has 5 rings (SSSR count). The highest BCUT2D eigenvalue weighted by molar-refractivity contribution is 6.07. The summed E-state index contributed by atoms with van der Waals surface area (Å²) in [6, 6.07) is 12.6. The Morgan fingerprint density at radius 2 is 1.82 bits per heavy atom. The van der Waals surface area contributed by atoms with E-state index in [4.69, 9.17) is 0 Å². The number of aromatic nitrogens is 6. The van der Waals surface area contributed by atoms with Gasteiger partial charge in [-0.1, -0.05) is 12.1 Å². The lowest BCUT2D eigenvalue weighted by atomic mass is 10.1. The van der Waals surface area contributed by atoms with Crippen LogP contribution in [0.5, 0.6) is 0 Å². The van der Waals surface area contributed by atoms with E-state index in [2.05, 4.69) is 30.2 Å². The fraction of sp³-hybridized carbons (Fsp3) is 0.148. The zero-order chi connectivity index (χ0) is 27.4. The van der Waals surface area contributed by atoms with E-state index in [-0.39, 0.29) is 23.8 Å². The fourth-order valence-electron chi connectivity index (χ4n) is 4.27. The maximum atomic E-state index is 13.1. The number of imidazole rings is 1. The Kier molecular flexibility index (Phi) is 7.08. The van der Waals surface area contributed by atoms with E-state index in [0.717, 1.165) is 5.56 Å². The fourth-order valence-corrected chi connectivity index (χ4v) is 4.27. The number of anilines is 2. The van der Waals surface area contributed by atoms with Crippen molar-refractivity contribution in [1.82, 2.24) is 29.5 Å². The van der Waals surface area contributed by atoms with Crippen LogP contribution in [-0.2, 0) is 11.2 Å². The summed E-state index contributed by atoms with van der Waals surface area (Å²) in [5, 5.41) is 12.9. The summed E-state index contributed by atoms with van der Waals surface area (Å²) < 4.78 is 1.46. The first-order chi connectivity index (χ1) is 19.0. The Hall–Kier alpha value is -5.39. The van der Waals surface area contributed by atoms with Gasteiger partial charge in [0.1, 0.15) is 18.1 Å². The van der Waals surface area contributed by atoms with Crippen molar-refractivity contribution in [3.63, 3.8) is 0 Å². The minimum atomic E-state index is -1.09. The van der Waals surface area contributed by atoms with Crippen molar-refractivity contribution in [3.05, 3.63) is 101 Å². The number of rotatable bonds is 9. The number of carbonyl (C=O) groups excluding carboxylic acids is 1. The van der Waals surface area contributed by atoms with Crippen LogP contribution < -0.4 is 15.9 Å². The molecule has 4 aromatic heterocycles. The van der Waals surface area contributed by atoms with Crippen LogP contribution in [0.3, 0.4) is 0 Å². The molecule has 0 radical (unpaired) electrons. The second-order valence-electron chi connectivity index (χ2n) is 8.59. The first kappa shape index (κ1) is 25.3. The highest BCUT2D eigenvalue weighted by Gasteiger charge is 2.24. The number of pyridine rings is 2. The van der Waals surface area contributed by atoms with Gasteiger partial charge in [0.25, 0.3) is 5.91 Å². The Labute approximate surface area is 222 Å². The van der Waals surface area contributed by atoms with Crippen LogP contribution in [0, 0.1) is 0 Å². The summed E-state index contributed by atoms with van der Waals surface area (Å²) in [5.74, 6) is -1.17. The van der Waals surface area contributed by atoms with Crippen molar-refractivity contribution in [3.8, 4) is 5.69 Å². The van der Waals surface area contributed by atoms with Crippen LogP contribution in [0.1, 0.15) is 22.8 Å². The number of hydrogen-bond donors (Lipinski definition) is 3. The van der Waals surface area contributed by atoms with Gasteiger partial charge >= 0.3 is 11.7 Å². The molecule has 0 spiro atoms. The summed E-state index contributed by atoms with van der Waals surface area (Å²) in [4.78, 5) is 58.6. The predicted molar refractivity (Wildman–Crippen MR) is 144 cm³/mol. The number of benzene rings is 1. The third-order valence-corrected chi connectivity index (χ3v) is 6.16. The normalized spacial score (nSPS) is 11.7. The minimum absolute atomic E-state index is 0.116. The molecule has 196 valence electrons. The molecule has 12 nitrogen and oxygen atoms in total. The average molecular weight is 525 g/mol. The third kappa shape index (κ3) is 5.21. The molecular formula is C27H24N8O4. The predicted octanol–water partition coefficient (Wildman–Crippen LogP) is 2.67. The lowest BCUT2D eigenvalue weighted by molar-refractivity contribution is -0.137. The van der Waals surface area contributed by atoms with Gasteiger partial charge < -0.3 is 20.3 Å². The van der Waals surface area contributed by atoms with Crippen LogP contribution in [0.15, 0.2) is 84.4 Å². The molecule has 0 aliphatic heterocycles. The maximum absolute atomic E-state index is 13.1. The summed E-state index contributed by atoms with van der Waals surface area (Å²) in [5.41, 5.74) is 2.90. The van der Waals surface area contributed by atoms with Gasteiger partial charge in [-0.3, -0.25) is 9.78 Å². The molecule has 12 heteroatoms. The monoisotopic (exact) mass is 524 g/mol. The highest BCUT2D eigenvalue weighted by atomic mass is 16.4. The molecule has 0 aliphatic carbocycles. The van der Waals surface area contributed by atoms with Gasteiger partial charge in [0.2, 0.25) is 0 Å². The molecule has 0 saturated carbocycles. The summed E-state index contributed by atoms with van der Waals surface area (Å²) in [6.45, 7) is 2.12. The van der Waals surface area contributed by atoms with Crippen molar-refractivity contribution in [2.24, 2.45) is 0 Å². The first-order valence-electron chi connectivity index (χ1n) is 12.1. The molecule has 39 heavy (non-hydrogen) atoms. The van der Waals surface area contributed by atoms with Crippen LogP contribution in [0.2, 0.25) is 0 Å². The van der Waals surface area contributed by atoms with E-state index in [1.807, 2.05) is 0 Å². The molecule has 0 aliphatic rings. The van der Waals surface area contributed by atoms with Crippen molar-refractivity contribution in [2.45, 2.75) is 19.4 Å². The van der Waals surface area contributed by atoms with E-state index in [1.165, 1.54) is 34.4 Å². The first-order valence-corrected chi connectivity index (χ1v) is 12.1. The van der Waals surface area contributed by atoms with Gasteiger partial charge in [-0.05, 0) is 48.9 Å². The third-order valence-electron chi connectivity index (χ3n) is 6.16. The van der Waals surface area contributed by atoms with Gasteiger partial charge in [-0.15, -0.1) is 0 Å². The number of nitrogens with zero attached hydrogens (tertiary/aromatic N) is 6. The van der Waals surface area contributed by atoms with Gasteiger partial charge in [0.15, 0.2) is 11.5 Å². The number of carboxylic acid groups (broad SMARTS) is 1. The van der Waals surface area contributed by atoms with Crippen LogP contribution in [-0.4, -0.2) is 59.1 Å². The largest absolute Gasteiger partial charge is 0.480 e. The van der Waals surface area contributed by atoms with Crippen LogP contribution in [0.4, 0.5) is 11.5 Å². The molecule has 4 heterocycles. The summed E-state index contributed by atoms with van der Waals surface area (Å²) >= 11 is 0. The van der Waals surface area contributed by atoms with E-state index < -0.39 is 12.0 Å². The van der Waals surface area contributed by atoms with Gasteiger partial charge in [-0.2, -0.15) is 0 Å². The number of carbonyl (C=O) groups is 2. The molecule has 1 aromatic carbocycles. The molecular weight excluding hydrogens is 500 g/mol. The molecule has 0 bridgehead atoms. The van der Waals surface area contributed by atoms with Gasteiger partial charge in [0, 0.05) is 37.1 Å². The second kappa shape index (κ2) is 10.9. The maximum Gasteiger partial charge on any atom is 0.332 e. The van der Waals surface area contributed by atoms with Crippen LogP contribution >= 0.6 is 0 Å². The molecule has 5 aromatic rings. The number of carboxylic acids is 1. The smallest absolute Gasteiger partial charge is 0.332 e. The molecule has 1 amide bonds. The van der Waals surface area contributed by atoms with E-state index in [1.54, 1.807) is 61.7 Å². The van der Waals surface area contributed by atoms with Crippen molar-refractivity contribution in [1.29, 1.82) is 0 Å². The lowest BCUT2D eigenvalue weighted by Crippen LogP contribution is -2.35. The summed E-state index contributed by atoms with van der Waals surface area (Å²) in [6.07, 6.45) is 7.54. The standard InChI is InChI=1S/C27H24N8O4/c1-2-34(25(36)18-9-12-28-13-10-18)22-15-29-16-31-23(22)32-21(26(37)38)14-17-5-7-19(8-6-17)35-24-20(33-27(35)39)4-3-11-30-24/h3-13,15-16,21H,2,14H2,1H3,(H,33,39)(H,37,38)(H,29,31,32)/t21-/m0/s1. The zero-order valence-electron chi connectivity index (χ0n) is 20.9. The van der Waals surface area contributed by atoms with Crippen LogP contribution in [0.25, 0.3) is 16.9 Å². The van der Waals surface area contributed by atoms with E-state index >= 15 is 0 Å². The highest BCUT2D eigenvalue weighted by Crippen LogP contribution is 2.25. The van der Waals surface area contributed by atoms with Gasteiger partial charge in [-0.25, -0.2) is 29.1 Å². The quantitative estimate of drug-likeness (QED) is 0.263. The number of fused-ring (bicyclic) bond motifs is 1. The number of aromatic amines is 1. The van der Waals surface area contributed by atoms with E-state index in [0.29, 0.717) is 34.6 Å². The van der Waals surface area contributed by atoms with Crippen molar-refractivity contribution in [2.75, 3.05) is 16.8 Å². The number of hydrogen-bond acceptors (Lipinski definition) is 8. The van der Waals surface area contributed by atoms with Crippen molar-refractivity contribution < 1.29 is 14.7 Å². The number of aliphatic carboxylic acids is 1. The number of nitrogens with one attached hydrogen (secondary N) is 2. The number of amides is 1. The van der Waals surface area contributed by atoms with E-state index in [9.17, 15) is 19.5 Å². The molecule has 0 fully saturated rings. The zero-order valence-corrected chi connectivity index (χ0v) is 20.9. The Balaban J connectivity index is 1.38. The molecule has 0 saturated heterocycles. The SMILES string of the molecule is CCN(C(=O)c1ccncc1)c1cncnc1N[C@@H](Cc1ccc(-n2c(=O)[nH]c3cccnc32)cc1)C(=O)O. The Bertz CT molecular complexity index is 1680. The molecule has 1 atom stereocenters. The molecule has 0 unspecified atom stereocenters. The lowest BCUT2D eigenvalue weighted by Gasteiger charge is -2.24. The van der Waals surface area contributed by atoms with Crippen molar-refractivity contribution >= 4 is 34.5 Å². The Morgan fingerprint density at radius 3 is 2.54 bits per heavy atom. The Morgan fingerprint density at radius 1 is 1.05 bits per heavy atom.